The maximum absolute atomic E-state index is 10.4. The van der Waals surface area contributed by atoms with Crippen LogP contribution in [0.2, 0.25) is 0 Å². The molecule has 0 spiro atoms. The van der Waals surface area contributed by atoms with E-state index in [2.05, 4.69) is 16.2 Å². The van der Waals surface area contributed by atoms with Crippen molar-refractivity contribution in [2.24, 2.45) is 0 Å². The summed E-state index contributed by atoms with van der Waals surface area (Å²) in [5.74, 6) is 0. The quantitative estimate of drug-likeness (QED) is 0.368. The van der Waals surface area contributed by atoms with Crippen molar-refractivity contribution in [3.8, 4) is 0 Å². The number of nitrogens with one attached hydrogen (secondary N) is 3. The predicted octanol–water partition coefficient (Wildman–Crippen LogP) is -0.170. The molecule has 4 heteroatoms. The van der Waals surface area contributed by atoms with E-state index in [-0.39, 0.29) is 6.03 Å². The van der Waals surface area contributed by atoms with Crippen LogP contribution in [0.3, 0.4) is 0 Å². The van der Waals surface area contributed by atoms with Crippen LogP contribution in [-0.4, -0.2) is 19.6 Å². The smallest absolute Gasteiger partial charge is 0.328 e. The molecule has 9 heavy (non-hydrogen) atoms. The number of amides is 2. The Bertz CT molecular complexity index is 84.3. The van der Waals surface area contributed by atoms with E-state index >= 15 is 0 Å². The van der Waals surface area contributed by atoms with Crippen molar-refractivity contribution in [3.05, 3.63) is 0 Å². The highest BCUT2D eigenvalue weighted by Crippen LogP contribution is 1.65. The van der Waals surface area contributed by atoms with Gasteiger partial charge in [-0.3, -0.25) is 5.43 Å². The first-order valence-corrected chi connectivity index (χ1v) is 3.01. The topological polar surface area (TPSA) is 53.2 Å². The van der Waals surface area contributed by atoms with Gasteiger partial charge in [0, 0.05) is 13.6 Å². The molecule has 4 nitrogen and oxygen atoms in total. The zero-order valence-electron chi connectivity index (χ0n) is 5.82. The van der Waals surface area contributed by atoms with Crippen molar-refractivity contribution in [1.29, 1.82) is 0 Å². The largest absolute Gasteiger partial charge is 0.340 e. The molecule has 0 bridgehead atoms. The molecule has 0 aromatic carbocycles. The summed E-state index contributed by atoms with van der Waals surface area (Å²) in [5, 5.41) is 2.41. The van der Waals surface area contributed by atoms with Gasteiger partial charge in [-0.1, -0.05) is 6.92 Å². The lowest BCUT2D eigenvalue weighted by molar-refractivity contribution is 0.238. The molecule has 0 aliphatic rings. The zero-order chi connectivity index (χ0) is 7.11. The molecular formula is C5H13N3O. The normalized spacial score (nSPS) is 8.67. The molecule has 0 aromatic heterocycles. The van der Waals surface area contributed by atoms with Crippen molar-refractivity contribution >= 4 is 6.03 Å². The molecule has 0 heterocycles. The van der Waals surface area contributed by atoms with Crippen molar-refractivity contribution in [2.45, 2.75) is 13.3 Å². The second kappa shape index (κ2) is 5.37. The fourth-order valence-corrected chi connectivity index (χ4v) is 0.330. The van der Waals surface area contributed by atoms with Gasteiger partial charge >= 0.3 is 6.03 Å². The first-order chi connectivity index (χ1) is 4.31. The highest BCUT2D eigenvalue weighted by Gasteiger charge is 1.89. The average molecular weight is 131 g/mol. The lowest BCUT2D eigenvalue weighted by Gasteiger charge is -2.03. The number of hydrogen-bond acceptors (Lipinski definition) is 2. The predicted molar refractivity (Wildman–Crippen MR) is 35.9 cm³/mol. The van der Waals surface area contributed by atoms with Gasteiger partial charge in [-0.2, -0.15) is 0 Å². The van der Waals surface area contributed by atoms with Gasteiger partial charge in [-0.25, -0.2) is 10.2 Å². The molecule has 0 saturated heterocycles. The number of carbonyl (C=O) groups is 1. The summed E-state index contributed by atoms with van der Waals surface area (Å²) in [4.78, 5) is 10.4. The molecule has 0 aliphatic carbocycles. The summed E-state index contributed by atoms with van der Waals surface area (Å²) < 4.78 is 0. The Balaban J connectivity index is 2.97. The van der Waals surface area contributed by atoms with Gasteiger partial charge in [-0.15, -0.1) is 0 Å². The van der Waals surface area contributed by atoms with Crippen LogP contribution < -0.4 is 16.2 Å². The molecule has 0 atom stereocenters. The maximum atomic E-state index is 10.4. The maximum Gasteiger partial charge on any atom is 0.328 e. The van der Waals surface area contributed by atoms with Gasteiger partial charge < -0.3 is 5.32 Å². The third-order valence-electron chi connectivity index (χ3n) is 0.804. The Morgan fingerprint density at radius 2 is 2.22 bits per heavy atom. The lowest BCUT2D eigenvalue weighted by Crippen LogP contribution is -2.42. The fourth-order valence-electron chi connectivity index (χ4n) is 0.330. The Morgan fingerprint density at radius 3 is 2.67 bits per heavy atom. The lowest BCUT2D eigenvalue weighted by atomic mass is 10.5. The Hall–Kier alpha value is -0.770. The van der Waals surface area contributed by atoms with E-state index in [1.165, 1.54) is 0 Å². The molecule has 0 fully saturated rings. The van der Waals surface area contributed by atoms with E-state index in [1.54, 1.807) is 7.05 Å². The van der Waals surface area contributed by atoms with Crippen LogP contribution in [0.1, 0.15) is 13.3 Å². The van der Waals surface area contributed by atoms with E-state index in [0.717, 1.165) is 13.0 Å². The van der Waals surface area contributed by atoms with Crippen molar-refractivity contribution < 1.29 is 4.79 Å². The van der Waals surface area contributed by atoms with Crippen molar-refractivity contribution in [3.63, 3.8) is 0 Å². The van der Waals surface area contributed by atoms with Gasteiger partial charge in [0.15, 0.2) is 0 Å². The van der Waals surface area contributed by atoms with E-state index in [9.17, 15) is 4.79 Å². The van der Waals surface area contributed by atoms with Crippen molar-refractivity contribution in [1.82, 2.24) is 16.2 Å². The summed E-state index contributed by atoms with van der Waals surface area (Å²) >= 11 is 0. The Kier molecular flexibility index (Phi) is 4.91. The van der Waals surface area contributed by atoms with E-state index in [1.807, 2.05) is 6.92 Å². The summed E-state index contributed by atoms with van der Waals surface area (Å²) in [6.45, 7) is 2.83. The van der Waals surface area contributed by atoms with Crippen LogP contribution in [0.4, 0.5) is 4.79 Å². The average Bonchev–Trinajstić information content (AvgIpc) is 1.89. The number of hydrogen-bond donors (Lipinski definition) is 3. The third kappa shape index (κ3) is 5.10. The minimum absolute atomic E-state index is 0.205. The molecule has 0 saturated carbocycles. The van der Waals surface area contributed by atoms with Gasteiger partial charge in [0.25, 0.3) is 0 Å². The second-order valence-electron chi connectivity index (χ2n) is 1.63. The van der Waals surface area contributed by atoms with Crippen molar-refractivity contribution in [2.75, 3.05) is 13.6 Å². The third-order valence-corrected chi connectivity index (χ3v) is 0.804. The van der Waals surface area contributed by atoms with Crippen LogP contribution >= 0.6 is 0 Å². The molecule has 3 N–H and O–H groups in total. The Labute approximate surface area is 55.0 Å². The van der Waals surface area contributed by atoms with E-state index in [4.69, 9.17) is 0 Å². The summed E-state index contributed by atoms with van der Waals surface area (Å²) in [5.41, 5.74) is 5.16. The highest BCUT2D eigenvalue weighted by atomic mass is 16.2. The zero-order valence-corrected chi connectivity index (χ0v) is 5.82. The minimum atomic E-state index is -0.205. The molecular weight excluding hydrogens is 118 g/mol. The van der Waals surface area contributed by atoms with Gasteiger partial charge in [0.05, 0.1) is 0 Å². The molecule has 54 valence electrons. The van der Waals surface area contributed by atoms with E-state index in [0.29, 0.717) is 0 Å². The van der Waals surface area contributed by atoms with Gasteiger partial charge in [-0.05, 0) is 6.42 Å². The molecule has 0 radical (unpaired) electrons. The standard InChI is InChI=1S/C5H13N3O/c1-3-4-7-8-5(9)6-2/h7H,3-4H2,1-2H3,(H2,6,8,9). The number of carbonyl (C=O) groups excluding carboxylic acids is 1. The SMILES string of the molecule is CCCNNC(=O)NC. The number of urea groups is 1. The second-order valence-corrected chi connectivity index (χ2v) is 1.63. The van der Waals surface area contributed by atoms with Gasteiger partial charge in [0.1, 0.15) is 0 Å². The summed E-state index contributed by atoms with van der Waals surface area (Å²) in [7, 11) is 1.57. The molecule has 0 aliphatic heterocycles. The van der Waals surface area contributed by atoms with Crippen LogP contribution in [0, 0.1) is 0 Å². The van der Waals surface area contributed by atoms with Crippen LogP contribution in [0.5, 0.6) is 0 Å². The first kappa shape index (κ1) is 8.23. The monoisotopic (exact) mass is 131 g/mol. The molecule has 0 aromatic rings. The number of hydrazine groups is 1. The first-order valence-electron chi connectivity index (χ1n) is 3.01. The van der Waals surface area contributed by atoms with Crippen LogP contribution in [-0.2, 0) is 0 Å². The summed E-state index contributed by atoms with van der Waals surface area (Å²) in [6, 6.07) is -0.205. The number of rotatable bonds is 3. The van der Waals surface area contributed by atoms with E-state index < -0.39 is 0 Å². The van der Waals surface area contributed by atoms with Crippen LogP contribution in [0.25, 0.3) is 0 Å². The molecule has 0 unspecified atom stereocenters. The van der Waals surface area contributed by atoms with Gasteiger partial charge in [0.2, 0.25) is 0 Å². The molecule has 2 amide bonds. The van der Waals surface area contributed by atoms with Crippen LogP contribution in [0.15, 0.2) is 0 Å². The Morgan fingerprint density at radius 1 is 1.56 bits per heavy atom. The summed E-state index contributed by atoms with van der Waals surface area (Å²) in [6.07, 6.45) is 1.00. The fraction of sp³-hybridized carbons (Fsp3) is 0.800. The molecule has 0 rings (SSSR count). The highest BCUT2D eigenvalue weighted by molar-refractivity contribution is 5.72. The minimum Gasteiger partial charge on any atom is -0.340 e.